The fourth-order valence-corrected chi connectivity index (χ4v) is 3.59. The summed E-state index contributed by atoms with van der Waals surface area (Å²) in [6.07, 6.45) is -0.832. The number of rotatable bonds is 7. The highest BCUT2D eigenvalue weighted by atomic mass is 19.1. The molecule has 1 atom stereocenters. The van der Waals surface area contributed by atoms with Crippen LogP contribution in [0, 0.1) is 0 Å². The molecule has 0 heterocycles. The van der Waals surface area contributed by atoms with Crippen LogP contribution in [0.3, 0.4) is 0 Å². The minimum Gasteiger partial charge on any atom is -0.497 e. The highest BCUT2D eigenvalue weighted by molar-refractivity contribution is 5.51. The molecule has 0 saturated heterocycles. The smallest absolute Gasteiger partial charge is 0.118 e. The molecule has 0 aliphatic carbocycles. The predicted molar refractivity (Wildman–Crippen MR) is 104 cm³/mol. The summed E-state index contributed by atoms with van der Waals surface area (Å²) in [6.45, 7) is -0.00241. The Morgan fingerprint density at radius 2 is 1.27 bits per heavy atom. The van der Waals surface area contributed by atoms with Gasteiger partial charge in [-0.05, 0) is 35.2 Å². The molecule has 0 aliphatic heterocycles. The third-order valence-electron chi connectivity index (χ3n) is 4.90. The van der Waals surface area contributed by atoms with Gasteiger partial charge in [0.15, 0.2) is 0 Å². The first-order chi connectivity index (χ1) is 12.7. The molecule has 0 aliphatic rings. The molecule has 134 valence electrons. The first kappa shape index (κ1) is 18.2. The number of nitrogens with two attached hydrogens (primary N) is 1. The Morgan fingerprint density at radius 1 is 0.808 bits per heavy atom. The molecule has 0 amide bonds. The van der Waals surface area contributed by atoms with Crippen molar-refractivity contribution in [2.75, 3.05) is 13.7 Å². The van der Waals surface area contributed by atoms with E-state index < -0.39 is 11.6 Å². The molecule has 26 heavy (non-hydrogen) atoms. The Morgan fingerprint density at radius 3 is 1.69 bits per heavy atom. The van der Waals surface area contributed by atoms with Crippen LogP contribution in [0.2, 0.25) is 0 Å². The van der Waals surface area contributed by atoms with E-state index in [4.69, 9.17) is 10.5 Å². The highest BCUT2D eigenvalue weighted by Gasteiger charge is 2.38. The lowest BCUT2D eigenvalue weighted by molar-refractivity contribution is 0.286. The second-order valence-electron chi connectivity index (χ2n) is 6.40. The largest absolute Gasteiger partial charge is 0.497 e. The topological polar surface area (TPSA) is 35.2 Å². The molecule has 0 aromatic heterocycles. The van der Waals surface area contributed by atoms with E-state index in [1.165, 1.54) is 0 Å². The van der Waals surface area contributed by atoms with E-state index in [0.717, 1.165) is 22.4 Å². The average Bonchev–Trinajstić information content (AvgIpc) is 2.73. The predicted octanol–water partition coefficient (Wildman–Crippen LogP) is 4.72. The minimum atomic E-state index is -1.11. The third kappa shape index (κ3) is 3.49. The quantitative estimate of drug-likeness (QED) is 0.627. The van der Waals surface area contributed by atoms with Crippen LogP contribution in [-0.4, -0.2) is 19.8 Å². The van der Waals surface area contributed by atoms with Crippen molar-refractivity contribution in [2.45, 2.75) is 18.0 Å². The maximum atomic E-state index is 14.7. The Labute approximate surface area is 154 Å². The molecule has 0 radical (unpaired) electrons. The number of ether oxygens (including phenoxy) is 1. The van der Waals surface area contributed by atoms with Gasteiger partial charge in [-0.15, -0.1) is 0 Å². The Kier molecular flexibility index (Phi) is 5.69. The number of hydrogen-bond acceptors (Lipinski definition) is 2. The zero-order valence-corrected chi connectivity index (χ0v) is 14.9. The summed E-state index contributed by atoms with van der Waals surface area (Å²) in [6, 6.07) is 28.0. The van der Waals surface area contributed by atoms with Gasteiger partial charge in [0, 0.05) is 12.0 Å². The Hall–Kier alpha value is -2.65. The summed E-state index contributed by atoms with van der Waals surface area (Å²) >= 11 is 0. The first-order valence-electron chi connectivity index (χ1n) is 8.80. The SMILES string of the molecule is COc1ccc(C(CC(F)CN)(c2ccccc2)c2ccccc2)cc1. The molecule has 3 aromatic rings. The van der Waals surface area contributed by atoms with Crippen molar-refractivity contribution in [1.82, 2.24) is 0 Å². The number of methoxy groups -OCH3 is 1. The number of alkyl halides is 1. The van der Waals surface area contributed by atoms with Gasteiger partial charge in [0.2, 0.25) is 0 Å². The van der Waals surface area contributed by atoms with Gasteiger partial charge in [0.1, 0.15) is 11.9 Å². The van der Waals surface area contributed by atoms with Gasteiger partial charge in [-0.3, -0.25) is 0 Å². The molecular weight excluding hydrogens is 325 g/mol. The van der Waals surface area contributed by atoms with Gasteiger partial charge < -0.3 is 10.5 Å². The van der Waals surface area contributed by atoms with Crippen molar-refractivity contribution in [3.63, 3.8) is 0 Å². The van der Waals surface area contributed by atoms with Crippen molar-refractivity contribution < 1.29 is 9.13 Å². The number of hydrogen-bond donors (Lipinski definition) is 1. The van der Waals surface area contributed by atoms with Gasteiger partial charge in [0.25, 0.3) is 0 Å². The summed E-state index contributed by atoms with van der Waals surface area (Å²) in [5.41, 5.74) is 8.16. The van der Waals surface area contributed by atoms with Crippen LogP contribution in [0.5, 0.6) is 5.75 Å². The van der Waals surface area contributed by atoms with Crippen molar-refractivity contribution in [2.24, 2.45) is 5.73 Å². The molecule has 2 nitrogen and oxygen atoms in total. The number of benzene rings is 3. The van der Waals surface area contributed by atoms with Crippen molar-refractivity contribution >= 4 is 0 Å². The molecular formula is C23H24FNO. The van der Waals surface area contributed by atoms with Gasteiger partial charge in [0.05, 0.1) is 7.11 Å². The standard InChI is InChI=1S/C23H24FNO/c1-26-22-14-12-20(13-15-22)23(16-21(24)17-25,18-8-4-2-5-9-18)19-10-6-3-7-11-19/h2-15,21H,16-17,25H2,1H3. The van der Waals surface area contributed by atoms with Crippen LogP contribution in [0.1, 0.15) is 23.1 Å². The van der Waals surface area contributed by atoms with Gasteiger partial charge >= 0.3 is 0 Å². The molecule has 2 N–H and O–H groups in total. The van der Waals surface area contributed by atoms with Crippen molar-refractivity contribution in [1.29, 1.82) is 0 Å². The molecule has 3 heteroatoms. The zero-order chi connectivity index (χ0) is 18.4. The lowest BCUT2D eigenvalue weighted by Gasteiger charge is -2.37. The van der Waals surface area contributed by atoms with Gasteiger partial charge in [-0.1, -0.05) is 72.8 Å². The maximum Gasteiger partial charge on any atom is 0.118 e. The summed E-state index contributed by atoms with van der Waals surface area (Å²) < 4.78 is 20.0. The van der Waals surface area contributed by atoms with E-state index in [-0.39, 0.29) is 13.0 Å². The lowest BCUT2D eigenvalue weighted by Crippen LogP contribution is -2.35. The van der Waals surface area contributed by atoms with E-state index >= 15 is 0 Å². The lowest BCUT2D eigenvalue weighted by atomic mass is 9.66. The first-order valence-corrected chi connectivity index (χ1v) is 8.80. The van der Waals surface area contributed by atoms with Crippen molar-refractivity contribution in [3.8, 4) is 5.75 Å². The van der Waals surface area contributed by atoms with Crippen molar-refractivity contribution in [3.05, 3.63) is 102 Å². The van der Waals surface area contributed by atoms with E-state index in [1.807, 2.05) is 60.7 Å². The molecule has 0 bridgehead atoms. The van der Waals surface area contributed by atoms with Gasteiger partial charge in [-0.25, -0.2) is 4.39 Å². The van der Waals surface area contributed by atoms with E-state index in [2.05, 4.69) is 24.3 Å². The molecule has 0 saturated carbocycles. The Bertz CT molecular complexity index is 763. The summed E-state index contributed by atoms with van der Waals surface area (Å²) in [5.74, 6) is 0.777. The second kappa shape index (κ2) is 8.15. The average molecular weight is 349 g/mol. The summed E-state index contributed by atoms with van der Waals surface area (Å²) in [7, 11) is 1.64. The van der Waals surface area contributed by atoms with Gasteiger partial charge in [-0.2, -0.15) is 0 Å². The van der Waals surface area contributed by atoms with Crippen LogP contribution in [-0.2, 0) is 5.41 Å². The molecule has 0 fully saturated rings. The summed E-state index contributed by atoms with van der Waals surface area (Å²) in [5, 5.41) is 0. The maximum absolute atomic E-state index is 14.7. The normalized spacial score (nSPS) is 12.6. The molecule has 0 spiro atoms. The molecule has 3 aromatic carbocycles. The zero-order valence-electron chi connectivity index (χ0n) is 14.9. The fraction of sp³-hybridized carbons (Fsp3) is 0.217. The van der Waals surface area contributed by atoms with Crippen LogP contribution < -0.4 is 10.5 Å². The van der Waals surface area contributed by atoms with Crippen LogP contribution in [0.4, 0.5) is 4.39 Å². The van der Waals surface area contributed by atoms with Crippen LogP contribution in [0.25, 0.3) is 0 Å². The van der Waals surface area contributed by atoms with Crippen LogP contribution >= 0.6 is 0 Å². The minimum absolute atomic E-state index is 0.00241. The summed E-state index contributed by atoms with van der Waals surface area (Å²) in [4.78, 5) is 0. The monoisotopic (exact) mass is 349 g/mol. The molecule has 1 unspecified atom stereocenters. The van der Waals surface area contributed by atoms with E-state index in [0.29, 0.717) is 0 Å². The second-order valence-corrected chi connectivity index (χ2v) is 6.40. The van der Waals surface area contributed by atoms with E-state index in [9.17, 15) is 4.39 Å². The Balaban J connectivity index is 2.26. The highest BCUT2D eigenvalue weighted by Crippen LogP contribution is 2.43. The third-order valence-corrected chi connectivity index (χ3v) is 4.90. The molecule has 3 rings (SSSR count). The number of halogens is 1. The fourth-order valence-electron chi connectivity index (χ4n) is 3.59. The van der Waals surface area contributed by atoms with E-state index in [1.54, 1.807) is 7.11 Å². The van der Waals surface area contributed by atoms with Crippen LogP contribution in [0.15, 0.2) is 84.9 Å².